The summed E-state index contributed by atoms with van der Waals surface area (Å²) in [5, 5.41) is 4.25. The summed E-state index contributed by atoms with van der Waals surface area (Å²) >= 11 is 6.14. The van der Waals surface area contributed by atoms with E-state index in [-0.39, 0.29) is 0 Å². The van der Waals surface area contributed by atoms with Crippen LogP contribution in [0.5, 0.6) is 0 Å². The molecule has 0 bridgehead atoms. The molecule has 0 heterocycles. The molecule has 0 spiro atoms. The van der Waals surface area contributed by atoms with Gasteiger partial charge < -0.3 is 10.2 Å². The van der Waals surface area contributed by atoms with Crippen molar-refractivity contribution in [2.24, 2.45) is 0 Å². The first-order chi connectivity index (χ1) is 10.2. The molecule has 0 amide bonds. The Morgan fingerprint density at radius 2 is 1.67 bits per heavy atom. The molecule has 0 unspecified atom stereocenters. The number of nitrogens with one attached hydrogen (secondary N) is 1. The minimum Gasteiger partial charge on any atom is -0.381 e. The van der Waals surface area contributed by atoms with Crippen LogP contribution in [0.3, 0.4) is 0 Å². The molecule has 112 valence electrons. The Morgan fingerprint density at radius 1 is 1.00 bits per heavy atom. The van der Waals surface area contributed by atoms with Gasteiger partial charge in [-0.2, -0.15) is 0 Å². The lowest BCUT2D eigenvalue weighted by Crippen LogP contribution is -2.21. The third-order valence-corrected chi connectivity index (χ3v) is 4.23. The molecule has 0 radical (unpaired) electrons. The molecule has 2 rings (SSSR count). The molecule has 2 aromatic rings. The fraction of sp³-hybridized carbons (Fsp3) is 0.333. The van der Waals surface area contributed by atoms with Crippen molar-refractivity contribution in [2.75, 3.05) is 23.3 Å². The maximum Gasteiger partial charge on any atom is 0.0455 e. The Bertz CT molecular complexity index is 574. The minimum absolute atomic E-state index is 0.803. The van der Waals surface area contributed by atoms with Crippen molar-refractivity contribution in [2.45, 2.75) is 27.3 Å². The maximum absolute atomic E-state index is 6.14. The Hall–Kier alpha value is -1.67. The molecule has 1 N–H and O–H groups in total. The molecular formula is C18H23ClN2. The Labute approximate surface area is 132 Å². The van der Waals surface area contributed by atoms with Gasteiger partial charge in [-0.05, 0) is 56.2 Å². The van der Waals surface area contributed by atoms with Crippen molar-refractivity contribution in [1.82, 2.24) is 0 Å². The molecule has 21 heavy (non-hydrogen) atoms. The second kappa shape index (κ2) is 7.37. The van der Waals surface area contributed by atoms with E-state index >= 15 is 0 Å². The predicted molar refractivity (Wildman–Crippen MR) is 93.5 cm³/mol. The van der Waals surface area contributed by atoms with Crippen LogP contribution in [0.4, 0.5) is 11.4 Å². The highest BCUT2D eigenvalue weighted by Gasteiger charge is 2.03. The summed E-state index contributed by atoms with van der Waals surface area (Å²) in [6, 6.07) is 14.7. The van der Waals surface area contributed by atoms with Gasteiger partial charge in [0.1, 0.15) is 0 Å². The van der Waals surface area contributed by atoms with Gasteiger partial charge in [-0.15, -0.1) is 0 Å². The van der Waals surface area contributed by atoms with Crippen LogP contribution in [0.15, 0.2) is 42.5 Å². The highest BCUT2D eigenvalue weighted by molar-refractivity contribution is 6.31. The summed E-state index contributed by atoms with van der Waals surface area (Å²) < 4.78 is 0. The first kappa shape index (κ1) is 15.7. The van der Waals surface area contributed by atoms with Gasteiger partial charge in [-0.25, -0.2) is 0 Å². The number of hydrogen-bond donors (Lipinski definition) is 1. The standard InChI is InChI=1S/C18H23ClN2/c1-4-21(5-2)16-11-9-15(10-12-16)13-20-18-8-6-7-17(19)14(18)3/h6-12,20H,4-5,13H2,1-3H3. The number of hydrogen-bond acceptors (Lipinski definition) is 2. The largest absolute Gasteiger partial charge is 0.381 e. The Morgan fingerprint density at radius 3 is 2.29 bits per heavy atom. The summed E-state index contributed by atoms with van der Waals surface area (Å²) in [7, 11) is 0. The zero-order valence-corrected chi connectivity index (χ0v) is 13.7. The van der Waals surface area contributed by atoms with E-state index in [1.807, 2.05) is 19.1 Å². The van der Waals surface area contributed by atoms with Gasteiger partial charge in [-0.3, -0.25) is 0 Å². The van der Waals surface area contributed by atoms with Crippen molar-refractivity contribution < 1.29 is 0 Å². The van der Waals surface area contributed by atoms with Gasteiger partial charge in [-0.1, -0.05) is 29.8 Å². The summed E-state index contributed by atoms with van der Waals surface area (Å²) in [6.07, 6.45) is 0. The van der Waals surface area contributed by atoms with Crippen molar-refractivity contribution >= 4 is 23.0 Å². The van der Waals surface area contributed by atoms with E-state index in [2.05, 4.69) is 54.4 Å². The molecule has 2 nitrogen and oxygen atoms in total. The average molecular weight is 303 g/mol. The predicted octanol–water partition coefficient (Wildman–Crippen LogP) is 5.11. The molecule has 0 fully saturated rings. The number of rotatable bonds is 6. The van der Waals surface area contributed by atoms with E-state index < -0.39 is 0 Å². The number of anilines is 2. The van der Waals surface area contributed by atoms with Crippen LogP contribution in [0.2, 0.25) is 5.02 Å². The van der Waals surface area contributed by atoms with Crippen LogP contribution < -0.4 is 10.2 Å². The topological polar surface area (TPSA) is 15.3 Å². The molecule has 0 aliphatic heterocycles. The number of benzene rings is 2. The summed E-state index contributed by atoms with van der Waals surface area (Å²) in [4.78, 5) is 2.35. The van der Waals surface area contributed by atoms with E-state index in [4.69, 9.17) is 11.6 Å². The molecule has 0 aromatic heterocycles. The number of nitrogens with zero attached hydrogens (tertiary/aromatic N) is 1. The molecule has 2 aromatic carbocycles. The SMILES string of the molecule is CCN(CC)c1ccc(CNc2cccc(Cl)c2C)cc1. The van der Waals surface area contributed by atoms with Crippen molar-refractivity contribution in [3.63, 3.8) is 0 Å². The third kappa shape index (κ3) is 3.92. The minimum atomic E-state index is 0.803. The number of halogens is 1. The van der Waals surface area contributed by atoms with E-state index in [1.165, 1.54) is 11.3 Å². The lowest BCUT2D eigenvalue weighted by molar-refractivity contribution is 0.865. The fourth-order valence-corrected chi connectivity index (χ4v) is 2.58. The van der Waals surface area contributed by atoms with Crippen molar-refractivity contribution in [1.29, 1.82) is 0 Å². The normalized spacial score (nSPS) is 10.5. The van der Waals surface area contributed by atoms with E-state index in [9.17, 15) is 0 Å². The monoisotopic (exact) mass is 302 g/mol. The van der Waals surface area contributed by atoms with Crippen LogP contribution in [0.1, 0.15) is 25.0 Å². The summed E-state index contributed by atoms with van der Waals surface area (Å²) in [5.74, 6) is 0. The van der Waals surface area contributed by atoms with Gasteiger partial charge in [0.15, 0.2) is 0 Å². The van der Waals surface area contributed by atoms with E-state index in [0.29, 0.717) is 0 Å². The van der Waals surface area contributed by atoms with Gasteiger partial charge in [0.05, 0.1) is 0 Å². The smallest absolute Gasteiger partial charge is 0.0455 e. The highest BCUT2D eigenvalue weighted by atomic mass is 35.5. The van der Waals surface area contributed by atoms with Gasteiger partial charge in [0, 0.05) is 36.0 Å². The van der Waals surface area contributed by atoms with Crippen LogP contribution in [0, 0.1) is 6.92 Å². The van der Waals surface area contributed by atoms with E-state index in [1.54, 1.807) is 0 Å². The second-order valence-corrected chi connectivity index (χ2v) is 5.51. The molecule has 0 saturated heterocycles. The van der Waals surface area contributed by atoms with Gasteiger partial charge in [0.25, 0.3) is 0 Å². The molecule has 0 aliphatic rings. The van der Waals surface area contributed by atoms with E-state index in [0.717, 1.165) is 35.9 Å². The Kier molecular flexibility index (Phi) is 5.51. The quantitative estimate of drug-likeness (QED) is 0.798. The van der Waals surface area contributed by atoms with Crippen LogP contribution in [0.25, 0.3) is 0 Å². The first-order valence-electron chi connectivity index (χ1n) is 7.48. The highest BCUT2D eigenvalue weighted by Crippen LogP contribution is 2.23. The average Bonchev–Trinajstić information content (AvgIpc) is 2.51. The molecule has 0 saturated carbocycles. The van der Waals surface area contributed by atoms with Crippen molar-refractivity contribution in [3.8, 4) is 0 Å². The second-order valence-electron chi connectivity index (χ2n) is 5.10. The van der Waals surface area contributed by atoms with Crippen LogP contribution in [-0.2, 0) is 6.54 Å². The van der Waals surface area contributed by atoms with Crippen LogP contribution in [-0.4, -0.2) is 13.1 Å². The van der Waals surface area contributed by atoms with Crippen LogP contribution >= 0.6 is 11.6 Å². The summed E-state index contributed by atoms with van der Waals surface area (Å²) in [6.45, 7) is 9.28. The van der Waals surface area contributed by atoms with Gasteiger partial charge >= 0.3 is 0 Å². The Balaban J connectivity index is 2.02. The molecule has 0 atom stereocenters. The molecule has 3 heteroatoms. The fourth-order valence-electron chi connectivity index (χ4n) is 2.41. The maximum atomic E-state index is 6.14. The molecular weight excluding hydrogens is 280 g/mol. The zero-order chi connectivity index (χ0) is 15.2. The summed E-state index contributed by atoms with van der Waals surface area (Å²) in [5.41, 5.74) is 4.74. The van der Waals surface area contributed by atoms with Crippen molar-refractivity contribution in [3.05, 3.63) is 58.6 Å². The van der Waals surface area contributed by atoms with Gasteiger partial charge in [0.2, 0.25) is 0 Å². The third-order valence-electron chi connectivity index (χ3n) is 3.82. The molecule has 0 aliphatic carbocycles. The zero-order valence-electron chi connectivity index (χ0n) is 13.0. The lowest BCUT2D eigenvalue weighted by atomic mass is 10.1. The lowest BCUT2D eigenvalue weighted by Gasteiger charge is -2.21. The first-order valence-corrected chi connectivity index (χ1v) is 7.86.